The normalized spacial score (nSPS) is 19.4. The van der Waals surface area contributed by atoms with Crippen molar-refractivity contribution in [2.45, 2.75) is 63.3 Å². The molecule has 0 aromatic carbocycles. The van der Waals surface area contributed by atoms with Gasteiger partial charge < -0.3 is 10.1 Å². The van der Waals surface area contributed by atoms with E-state index in [1.165, 1.54) is 28.6 Å². The maximum absolute atomic E-state index is 13.1. The third-order valence-corrected chi connectivity index (χ3v) is 7.40. The summed E-state index contributed by atoms with van der Waals surface area (Å²) in [5, 5.41) is 4.38. The molecular formula is C19H25N3O3S2. The van der Waals surface area contributed by atoms with Crippen LogP contribution >= 0.6 is 23.1 Å². The van der Waals surface area contributed by atoms with Gasteiger partial charge >= 0.3 is 0 Å². The van der Waals surface area contributed by atoms with Crippen molar-refractivity contribution in [2.75, 3.05) is 18.9 Å². The molecule has 27 heavy (non-hydrogen) atoms. The molecule has 1 N–H and O–H groups in total. The molecule has 146 valence electrons. The lowest BCUT2D eigenvalue weighted by Crippen LogP contribution is -2.33. The molecule has 0 radical (unpaired) electrons. The summed E-state index contributed by atoms with van der Waals surface area (Å²) in [6.07, 6.45) is 6.57. The van der Waals surface area contributed by atoms with E-state index in [1.54, 1.807) is 15.9 Å². The highest BCUT2D eigenvalue weighted by Gasteiger charge is 2.22. The fourth-order valence-electron chi connectivity index (χ4n) is 3.82. The van der Waals surface area contributed by atoms with Crippen molar-refractivity contribution in [3.8, 4) is 0 Å². The molecule has 1 fully saturated rings. The van der Waals surface area contributed by atoms with Crippen molar-refractivity contribution in [3.05, 3.63) is 20.8 Å². The molecule has 3 heterocycles. The molecule has 8 heteroatoms. The first-order chi connectivity index (χ1) is 13.2. The zero-order valence-corrected chi connectivity index (χ0v) is 17.2. The van der Waals surface area contributed by atoms with E-state index in [0.29, 0.717) is 18.2 Å². The number of thiophene rings is 1. The first-order valence-electron chi connectivity index (χ1n) is 9.73. The number of aryl methyl sites for hydroxylation is 2. The second-order valence-electron chi connectivity index (χ2n) is 7.06. The van der Waals surface area contributed by atoms with E-state index in [9.17, 15) is 9.59 Å². The molecule has 1 aliphatic carbocycles. The highest BCUT2D eigenvalue weighted by molar-refractivity contribution is 7.99. The van der Waals surface area contributed by atoms with Gasteiger partial charge in [0.2, 0.25) is 5.91 Å². The summed E-state index contributed by atoms with van der Waals surface area (Å²) in [6.45, 7) is 3.86. The Kier molecular flexibility index (Phi) is 5.85. The third-order valence-electron chi connectivity index (χ3n) is 5.24. The number of ether oxygens (including phenoxy) is 1. The smallest absolute Gasteiger partial charge is 0.263 e. The highest BCUT2D eigenvalue weighted by Crippen LogP contribution is 2.34. The summed E-state index contributed by atoms with van der Waals surface area (Å²) in [5.41, 5.74) is 1.26. The number of fused-ring (bicyclic) bond motifs is 3. The Bertz CT molecular complexity index is 900. The van der Waals surface area contributed by atoms with Crippen LogP contribution in [-0.2, 0) is 28.9 Å². The molecule has 0 saturated carbocycles. The number of aromatic nitrogens is 2. The van der Waals surface area contributed by atoms with Gasteiger partial charge in [-0.25, -0.2) is 4.98 Å². The van der Waals surface area contributed by atoms with Crippen LogP contribution in [0, 0.1) is 0 Å². The van der Waals surface area contributed by atoms with Crippen LogP contribution in [0.15, 0.2) is 9.95 Å². The lowest BCUT2D eigenvalue weighted by molar-refractivity contribution is -0.119. The second kappa shape index (κ2) is 8.32. The van der Waals surface area contributed by atoms with Gasteiger partial charge in [0.25, 0.3) is 5.56 Å². The topological polar surface area (TPSA) is 73.2 Å². The van der Waals surface area contributed by atoms with E-state index in [2.05, 4.69) is 5.32 Å². The molecule has 2 aromatic heterocycles. The van der Waals surface area contributed by atoms with Crippen LogP contribution in [0.5, 0.6) is 0 Å². The highest BCUT2D eigenvalue weighted by atomic mass is 32.2. The fraction of sp³-hybridized carbons (Fsp3) is 0.632. The van der Waals surface area contributed by atoms with Gasteiger partial charge in [-0.15, -0.1) is 11.3 Å². The molecule has 1 saturated heterocycles. The molecule has 0 bridgehead atoms. The zero-order valence-electron chi connectivity index (χ0n) is 15.6. The second-order valence-corrected chi connectivity index (χ2v) is 9.09. The van der Waals surface area contributed by atoms with Gasteiger partial charge in [-0.2, -0.15) is 0 Å². The molecule has 2 aliphatic rings. The lowest BCUT2D eigenvalue weighted by Gasteiger charge is -2.13. The Morgan fingerprint density at radius 3 is 3.00 bits per heavy atom. The Morgan fingerprint density at radius 1 is 1.37 bits per heavy atom. The van der Waals surface area contributed by atoms with Crippen LogP contribution in [-0.4, -0.2) is 40.5 Å². The van der Waals surface area contributed by atoms with Gasteiger partial charge in [0.1, 0.15) is 4.83 Å². The predicted octanol–water partition coefficient (Wildman–Crippen LogP) is 2.74. The van der Waals surface area contributed by atoms with Gasteiger partial charge in [0.15, 0.2) is 5.16 Å². The Labute approximate surface area is 166 Å². The Morgan fingerprint density at radius 2 is 2.22 bits per heavy atom. The van der Waals surface area contributed by atoms with Gasteiger partial charge in [0, 0.05) is 24.6 Å². The standard InChI is InChI=1S/C19H25N3O3S2/c1-2-22-18(24)16-13-7-3-4-8-14(13)27-17(16)21-19(22)26-11-15(23)20-10-12-6-5-9-25-12/h12H,2-11H2,1H3,(H,20,23)/t12-/m1/s1. The maximum atomic E-state index is 13.1. The fourth-order valence-corrected chi connectivity index (χ4v) is 6.02. The molecule has 0 unspecified atom stereocenters. The molecule has 1 atom stereocenters. The van der Waals surface area contributed by atoms with E-state index in [0.717, 1.165) is 48.9 Å². The lowest BCUT2D eigenvalue weighted by atomic mass is 9.97. The number of carbonyl (C=O) groups is 1. The van der Waals surface area contributed by atoms with E-state index < -0.39 is 0 Å². The van der Waals surface area contributed by atoms with Crippen molar-refractivity contribution >= 4 is 39.2 Å². The number of nitrogens with one attached hydrogen (secondary N) is 1. The van der Waals surface area contributed by atoms with Crippen LogP contribution in [0.2, 0.25) is 0 Å². The van der Waals surface area contributed by atoms with Crippen molar-refractivity contribution in [3.63, 3.8) is 0 Å². The first kappa shape index (κ1) is 19.0. The third kappa shape index (κ3) is 3.93. The average Bonchev–Trinajstić information content (AvgIpc) is 3.32. The largest absolute Gasteiger partial charge is 0.376 e. The van der Waals surface area contributed by atoms with Gasteiger partial charge in [-0.3, -0.25) is 14.2 Å². The molecule has 4 rings (SSSR count). The molecular weight excluding hydrogens is 382 g/mol. The number of hydrogen-bond donors (Lipinski definition) is 1. The Balaban J connectivity index is 1.51. The maximum Gasteiger partial charge on any atom is 0.263 e. The number of carbonyl (C=O) groups excluding carboxylic acids is 1. The number of amides is 1. The van der Waals surface area contributed by atoms with Crippen LogP contribution in [0.4, 0.5) is 0 Å². The monoisotopic (exact) mass is 407 g/mol. The summed E-state index contributed by atoms with van der Waals surface area (Å²) in [5.74, 6) is 0.216. The number of thioether (sulfide) groups is 1. The van der Waals surface area contributed by atoms with Crippen molar-refractivity contribution in [1.29, 1.82) is 0 Å². The van der Waals surface area contributed by atoms with Crippen LogP contribution in [0.1, 0.15) is 43.0 Å². The minimum Gasteiger partial charge on any atom is -0.376 e. The number of hydrogen-bond acceptors (Lipinski definition) is 6. The minimum absolute atomic E-state index is 0.0435. The van der Waals surface area contributed by atoms with Gasteiger partial charge in [-0.1, -0.05) is 11.8 Å². The summed E-state index contributed by atoms with van der Waals surface area (Å²) >= 11 is 3.00. The first-order valence-corrected chi connectivity index (χ1v) is 11.5. The summed E-state index contributed by atoms with van der Waals surface area (Å²) in [6, 6.07) is 0. The van der Waals surface area contributed by atoms with E-state index in [-0.39, 0.29) is 23.3 Å². The summed E-state index contributed by atoms with van der Waals surface area (Å²) < 4.78 is 7.24. The van der Waals surface area contributed by atoms with E-state index in [1.807, 2.05) is 6.92 Å². The minimum atomic E-state index is -0.0435. The SMILES string of the molecule is CCn1c(SCC(=O)NC[C@H]2CCCO2)nc2sc3c(c2c1=O)CCCC3. The molecule has 2 aromatic rings. The zero-order chi connectivity index (χ0) is 18.8. The summed E-state index contributed by atoms with van der Waals surface area (Å²) in [7, 11) is 0. The van der Waals surface area contributed by atoms with E-state index >= 15 is 0 Å². The van der Waals surface area contributed by atoms with Crippen molar-refractivity contribution in [1.82, 2.24) is 14.9 Å². The Hall–Kier alpha value is -1.38. The van der Waals surface area contributed by atoms with Crippen LogP contribution in [0.25, 0.3) is 10.2 Å². The molecule has 1 amide bonds. The molecule has 1 aliphatic heterocycles. The van der Waals surface area contributed by atoms with Crippen LogP contribution < -0.4 is 10.9 Å². The summed E-state index contributed by atoms with van der Waals surface area (Å²) in [4.78, 5) is 32.2. The van der Waals surface area contributed by atoms with Gasteiger partial charge in [-0.05, 0) is 51.0 Å². The number of rotatable bonds is 6. The quantitative estimate of drug-likeness (QED) is 0.589. The predicted molar refractivity (Wildman–Crippen MR) is 109 cm³/mol. The van der Waals surface area contributed by atoms with Crippen molar-refractivity contribution in [2.24, 2.45) is 0 Å². The molecule has 6 nitrogen and oxygen atoms in total. The van der Waals surface area contributed by atoms with Gasteiger partial charge in [0.05, 0.1) is 17.2 Å². The average molecular weight is 408 g/mol. The van der Waals surface area contributed by atoms with Crippen molar-refractivity contribution < 1.29 is 9.53 Å². The van der Waals surface area contributed by atoms with E-state index in [4.69, 9.17) is 9.72 Å². The molecule has 0 spiro atoms. The number of nitrogens with zero attached hydrogens (tertiary/aromatic N) is 2. The van der Waals surface area contributed by atoms with Crippen LogP contribution in [0.3, 0.4) is 0 Å².